The van der Waals surface area contributed by atoms with Gasteiger partial charge in [0.1, 0.15) is 0 Å². The van der Waals surface area contributed by atoms with Crippen molar-refractivity contribution in [3.8, 4) is 0 Å². The summed E-state index contributed by atoms with van der Waals surface area (Å²) in [7, 11) is 0. The van der Waals surface area contributed by atoms with Gasteiger partial charge in [-0.3, -0.25) is 4.79 Å². The molecular formula is C18H18BrNO. The molecule has 0 bridgehead atoms. The maximum atomic E-state index is 12.9. The zero-order valence-electron chi connectivity index (χ0n) is 12.1. The van der Waals surface area contributed by atoms with Crippen molar-refractivity contribution in [2.45, 2.75) is 25.8 Å². The molecule has 2 aromatic rings. The molecule has 1 fully saturated rings. The van der Waals surface area contributed by atoms with Crippen LogP contribution in [0, 0.1) is 6.92 Å². The Hall–Kier alpha value is -1.61. The van der Waals surface area contributed by atoms with Gasteiger partial charge in [-0.15, -0.1) is 0 Å². The maximum Gasteiger partial charge on any atom is 0.255 e. The van der Waals surface area contributed by atoms with Crippen molar-refractivity contribution in [1.82, 2.24) is 4.90 Å². The average molecular weight is 344 g/mol. The third-order valence-corrected chi connectivity index (χ3v) is 4.74. The second kappa shape index (κ2) is 6.02. The molecule has 1 atom stereocenters. The molecule has 1 saturated heterocycles. The molecule has 0 radical (unpaired) electrons. The van der Waals surface area contributed by atoms with Crippen molar-refractivity contribution in [1.29, 1.82) is 0 Å². The molecule has 1 heterocycles. The van der Waals surface area contributed by atoms with Crippen LogP contribution in [0.4, 0.5) is 0 Å². The number of benzene rings is 2. The largest absolute Gasteiger partial charge is 0.332 e. The van der Waals surface area contributed by atoms with E-state index in [9.17, 15) is 4.79 Å². The summed E-state index contributed by atoms with van der Waals surface area (Å²) in [6.07, 6.45) is 2.11. The second-order valence-corrected chi connectivity index (χ2v) is 6.40. The van der Waals surface area contributed by atoms with Crippen LogP contribution in [0.25, 0.3) is 0 Å². The molecule has 0 aliphatic carbocycles. The standard InChI is InChI=1S/C18H18BrNO/c1-13-9-10-16(19)15(12-13)18(21)20-11-5-8-17(20)14-6-3-2-4-7-14/h2-4,6-7,9-10,12,17H,5,8,11H2,1H3. The van der Waals surface area contributed by atoms with E-state index < -0.39 is 0 Å². The van der Waals surface area contributed by atoms with E-state index in [0.717, 1.165) is 35.0 Å². The summed E-state index contributed by atoms with van der Waals surface area (Å²) in [5.74, 6) is 0.122. The number of rotatable bonds is 2. The van der Waals surface area contributed by atoms with Gasteiger partial charge in [0.05, 0.1) is 11.6 Å². The number of carbonyl (C=O) groups is 1. The van der Waals surface area contributed by atoms with E-state index in [0.29, 0.717) is 0 Å². The monoisotopic (exact) mass is 343 g/mol. The van der Waals surface area contributed by atoms with Crippen molar-refractivity contribution in [3.63, 3.8) is 0 Å². The van der Waals surface area contributed by atoms with E-state index in [4.69, 9.17) is 0 Å². The predicted molar refractivity (Wildman–Crippen MR) is 88.3 cm³/mol. The highest BCUT2D eigenvalue weighted by molar-refractivity contribution is 9.10. The van der Waals surface area contributed by atoms with Gasteiger partial charge in [-0.25, -0.2) is 0 Å². The van der Waals surface area contributed by atoms with Crippen LogP contribution < -0.4 is 0 Å². The van der Waals surface area contributed by atoms with Crippen LogP contribution in [0.2, 0.25) is 0 Å². The zero-order valence-corrected chi connectivity index (χ0v) is 13.6. The number of carbonyl (C=O) groups excluding carboxylic acids is 1. The normalized spacial score (nSPS) is 18.0. The van der Waals surface area contributed by atoms with Gasteiger partial charge < -0.3 is 4.90 Å². The predicted octanol–water partition coefficient (Wildman–Crippen LogP) is 4.73. The minimum atomic E-state index is 0.122. The molecule has 1 amide bonds. The summed E-state index contributed by atoms with van der Waals surface area (Å²) in [4.78, 5) is 14.9. The number of hydrogen-bond donors (Lipinski definition) is 0. The molecule has 1 aliphatic rings. The van der Waals surface area contributed by atoms with Gasteiger partial charge in [-0.2, -0.15) is 0 Å². The van der Waals surface area contributed by atoms with Crippen molar-refractivity contribution in [2.24, 2.45) is 0 Å². The smallest absolute Gasteiger partial charge is 0.255 e. The molecule has 0 aromatic heterocycles. The Morgan fingerprint density at radius 2 is 1.95 bits per heavy atom. The fourth-order valence-electron chi connectivity index (χ4n) is 2.99. The first kappa shape index (κ1) is 14.3. The first-order valence-corrected chi connectivity index (χ1v) is 8.08. The molecule has 0 saturated carbocycles. The van der Waals surface area contributed by atoms with Crippen molar-refractivity contribution in [3.05, 3.63) is 69.7 Å². The van der Waals surface area contributed by atoms with Gasteiger partial charge in [0, 0.05) is 11.0 Å². The lowest BCUT2D eigenvalue weighted by Crippen LogP contribution is -2.30. The molecule has 2 nitrogen and oxygen atoms in total. The quantitative estimate of drug-likeness (QED) is 0.771. The summed E-state index contributed by atoms with van der Waals surface area (Å²) >= 11 is 3.51. The lowest BCUT2D eigenvalue weighted by atomic mass is 10.0. The Balaban J connectivity index is 1.92. The SMILES string of the molecule is Cc1ccc(Br)c(C(=O)N2CCCC2c2ccccc2)c1. The highest BCUT2D eigenvalue weighted by Gasteiger charge is 2.31. The number of hydrogen-bond acceptors (Lipinski definition) is 1. The molecule has 1 aliphatic heterocycles. The Labute approximate surface area is 133 Å². The molecule has 0 spiro atoms. The van der Waals surface area contributed by atoms with Crippen molar-refractivity contribution >= 4 is 21.8 Å². The molecule has 2 aromatic carbocycles. The van der Waals surface area contributed by atoms with E-state index in [-0.39, 0.29) is 11.9 Å². The van der Waals surface area contributed by atoms with Gasteiger partial charge in [0.15, 0.2) is 0 Å². The highest BCUT2D eigenvalue weighted by atomic mass is 79.9. The Bertz CT molecular complexity index is 654. The third-order valence-electron chi connectivity index (χ3n) is 4.05. The van der Waals surface area contributed by atoms with Crippen LogP contribution in [0.15, 0.2) is 53.0 Å². The molecule has 108 valence electrons. The summed E-state index contributed by atoms with van der Waals surface area (Å²) in [6.45, 7) is 2.85. The molecule has 3 heteroatoms. The van der Waals surface area contributed by atoms with Crippen molar-refractivity contribution in [2.75, 3.05) is 6.54 Å². The van der Waals surface area contributed by atoms with Gasteiger partial charge in [0.25, 0.3) is 5.91 Å². The van der Waals surface area contributed by atoms with Crippen molar-refractivity contribution < 1.29 is 4.79 Å². The van der Waals surface area contributed by atoms with Gasteiger partial charge in [0.2, 0.25) is 0 Å². The van der Waals surface area contributed by atoms with Gasteiger partial charge in [-0.05, 0) is 53.4 Å². The molecule has 1 unspecified atom stereocenters. The Morgan fingerprint density at radius 3 is 2.71 bits per heavy atom. The van der Waals surface area contributed by atoms with E-state index in [2.05, 4.69) is 28.1 Å². The fraction of sp³-hybridized carbons (Fsp3) is 0.278. The van der Waals surface area contributed by atoms with Gasteiger partial charge in [-0.1, -0.05) is 42.0 Å². The maximum absolute atomic E-state index is 12.9. The molecule has 3 rings (SSSR count). The summed E-state index contributed by atoms with van der Waals surface area (Å²) in [6, 6.07) is 16.5. The van der Waals surface area contributed by atoms with E-state index >= 15 is 0 Å². The lowest BCUT2D eigenvalue weighted by molar-refractivity contribution is 0.0734. The zero-order chi connectivity index (χ0) is 14.8. The van der Waals surface area contributed by atoms with E-state index in [1.165, 1.54) is 5.56 Å². The van der Waals surface area contributed by atoms with Crippen LogP contribution in [0.5, 0.6) is 0 Å². The number of aryl methyl sites for hydroxylation is 1. The van der Waals surface area contributed by atoms with Crippen LogP contribution in [-0.4, -0.2) is 17.4 Å². The minimum Gasteiger partial charge on any atom is -0.332 e. The third kappa shape index (κ3) is 2.88. The Kier molecular flexibility index (Phi) is 4.11. The highest BCUT2D eigenvalue weighted by Crippen LogP contribution is 2.34. The number of nitrogens with zero attached hydrogens (tertiary/aromatic N) is 1. The van der Waals surface area contributed by atoms with Crippen LogP contribution >= 0.6 is 15.9 Å². The summed E-state index contributed by atoms with van der Waals surface area (Å²) in [5, 5.41) is 0. The topological polar surface area (TPSA) is 20.3 Å². The van der Waals surface area contributed by atoms with E-state index in [1.54, 1.807) is 0 Å². The first-order chi connectivity index (χ1) is 10.2. The number of likely N-dealkylation sites (tertiary alicyclic amines) is 1. The lowest BCUT2D eigenvalue weighted by Gasteiger charge is -2.25. The van der Waals surface area contributed by atoms with Gasteiger partial charge >= 0.3 is 0 Å². The van der Waals surface area contributed by atoms with Crippen LogP contribution in [0.1, 0.15) is 40.4 Å². The molecule has 21 heavy (non-hydrogen) atoms. The van der Waals surface area contributed by atoms with Crippen LogP contribution in [0.3, 0.4) is 0 Å². The summed E-state index contributed by atoms with van der Waals surface area (Å²) < 4.78 is 0.872. The molecular weight excluding hydrogens is 326 g/mol. The number of amides is 1. The second-order valence-electron chi connectivity index (χ2n) is 5.55. The Morgan fingerprint density at radius 1 is 1.19 bits per heavy atom. The average Bonchev–Trinajstić information content (AvgIpc) is 2.99. The summed E-state index contributed by atoms with van der Waals surface area (Å²) in [5.41, 5.74) is 3.10. The number of halogens is 1. The molecule has 0 N–H and O–H groups in total. The first-order valence-electron chi connectivity index (χ1n) is 7.29. The van der Waals surface area contributed by atoms with Crippen LogP contribution in [-0.2, 0) is 0 Å². The minimum absolute atomic E-state index is 0.122. The fourth-order valence-corrected chi connectivity index (χ4v) is 3.41. The van der Waals surface area contributed by atoms with E-state index in [1.807, 2.05) is 48.2 Å².